The number of halogens is 1. The van der Waals surface area contributed by atoms with Gasteiger partial charge in [0, 0.05) is 17.2 Å². The van der Waals surface area contributed by atoms with E-state index in [9.17, 15) is 0 Å². The molecule has 11 heavy (non-hydrogen) atoms. The minimum atomic E-state index is 1.08. The van der Waals surface area contributed by atoms with Gasteiger partial charge in [0.25, 0.3) is 0 Å². The Bertz CT molecular complexity index is 149. The van der Waals surface area contributed by atoms with Crippen molar-refractivity contribution >= 4 is 23.7 Å². The number of unbranched alkanes of at least 4 members (excludes halogenated alkanes) is 2. The van der Waals surface area contributed by atoms with E-state index in [1.54, 1.807) is 4.53 Å². The quantitative estimate of drug-likeness (QED) is 0.419. The minimum Gasteiger partial charge on any atom is -0.211 e. The zero-order valence-electron chi connectivity index (χ0n) is 6.64. The Balaban J connectivity index is 2.15. The van der Waals surface area contributed by atoms with E-state index < -0.39 is 0 Å². The van der Waals surface area contributed by atoms with Crippen LogP contribution in [0.3, 0.4) is 0 Å². The first-order chi connectivity index (χ1) is 5.34. The van der Waals surface area contributed by atoms with E-state index >= 15 is 0 Å². The third-order valence-electron chi connectivity index (χ3n) is 1.62. The van der Waals surface area contributed by atoms with E-state index in [1.165, 1.54) is 36.9 Å². The van der Waals surface area contributed by atoms with Crippen molar-refractivity contribution in [2.75, 3.05) is 0 Å². The molecule has 1 aliphatic heterocycles. The first-order valence-corrected chi connectivity index (χ1v) is 5.12. The Morgan fingerprint density at radius 2 is 2.45 bits per heavy atom. The van der Waals surface area contributed by atoms with Crippen molar-refractivity contribution in [1.29, 1.82) is 0 Å². The number of hydrogen-bond donors (Lipinski definition) is 1. The summed E-state index contributed by atoms with van der Waals surface area (Å²) in [6, 6.07) is 0. The molecule has 0 saturated heterocycles. The van der Waals surface area contributed by atoms with Crippen LogP contribution in [0.5, 0.6) is 0 Å². The third-order valence-corrected chi connectivity index (χ3v) is 2.70. The van der Waals surface area contributed by atoms with Crippen LogP contribution in [0.1, 0.15) is 32.6 Å². The van der Waals surface area contributed by atoms with E-state index in [2.05, 4.69) is 17.2 Å². The van der Waals surface area contributed by atoms with Crippen LogP contribution in [-0.4, -0.2) is 4.53 Å². The lowest BCUT2D eigenvalue weighted by atomic mass is 10.2. The number of hydrazine groups is 1. The fourth-order valence-corrected chi connectivity index (χ4v) is 1.89. The van der Waals surface area contributed by atoms with Gasteiger partial charge < -0.3 is 0 Å². The van der Waals surface area contributed by atoms with Gasteiger partial charge in [0.2, 0.25) is 0 Å². The van der Waals surface area contributed by atoms with Crippen LogP contribution in [0.15, 0.2) is 11.1 Å². The molecule has 1 aliphatic rings. The molecule has 0 aromatic carbocycles. The predicted molar refractivity (Wildman–Crippen MR) is 50.6 cm³/mol. The highest BCUT2D eigenvalue weighted by molar-refractivity contribution is 8.00. The zero-order valence-corrected chi connectivity index (χ0v) is 8.21. The van der Waals surface area contributed by atoms with Gasteiger partial charge in [-0.3, -0.25) is 0 Å². The predicted octanol–water partition coefficient (Wildman–Crippen LogP) is 3.03. The van der Waals surface area contributed by atoms with Gasteiger partial charge in [-0.2, -0.15) is 4.83 Å². The van der Waals surface area contributed by atoms with Crippen molar-refractivity contribution in [2.45, 2.75) is 32.6 Å². The van der Waals surface area contributed by atoms with Gasteiger partial charge in [-0.1, -0.05) is 19.8 Å². The van der Waals surface area contributed by atoms with E-state index in [1.807, 2.05) is 0 Å². The molecule has 0 aromatic rings. The normalized spacial score (nSPS) is 17.3. The van der Waals surface area contributed by atoms with Crippen LogP contribution >= 0.6 is 23.7 Å². The van der Waals surface area contributed by atoms with Crippen LogP contribution in [0.25, 0.3) is 0 Å². The van der Waals surface area contributed by atoms with Crippen LogP contribution in [0, 0.1) is 0 Å². The maximum absolute atomic E-state index is 5.79. The van der Waals surface area contributed by atoms with Crippen molar-refractivity contribution in [3.63, 3.8) is 0 Å². The first-order valence-electron chi connectivity index (χ1n) is 3.91. The molecule has 0 bridgehead atoms. The Labute approximate surface area is 77.2 Å². The summed E-state index contributed by atoms with van der Waals surface area (Å²) in [4.78, 5) is 2.92. The average Bonchev–Trinajstić information content (AvgIpc) is 2.37. The van der Waals surface area contributed by atoms with E-state index in [0.29, 0.717) is 0 Å². The second-order valence-electron chi connectivity index (χ2n) is 2.56. The molecule has 0 aromatic heterocycles. The SMILES string of the molecule is CCCCCC1=CSNN1Cl. The van der Waals surface area contributed by atoms with Gasteiger partial charge in [0.1, 0.15) is 0 Å². The van der Waals surface area contributed by atoms with Gasteiger partial charge in [0.05, 0.1) is 5.70 Å². The molecule has 0 amide bonds. The Morgan fingerprint density at radius 3 is 3.00 bits per heavy atom. The van der Waals surface area contributed by atoms with E-state index in [0.717, 1.165) is 6.42 Å². The lowest BCUT2D eigenvalue weighted by molar-refractivity contribution is 0.511. The van der Waals surface area contributed by atoms with Crippen molar-refractivity contribution in [1.82, 2.24) is 9.36 Å². The highest BCUT2D eigenvalue weighted by Gasteiger charge is 2.11. The summed E-state index contributed by atoms with van der Waals surface area (Å²) < 4.78 is 1.57. The first kappa shape index (κ1) is 9.23. The van der Waals surface area contributed by atoms with Gasteiger partial charge in [-0.25, -0.2) is 4.53 Å². The molecular weight excluding hydrogens is 180 g/mol. The molecule has 2 nitrogen and oxygen atoms in total. The van der Waals surface area contributed by atoms with Crippen LogP contribution in [0.4, 0.5) is 0 Å². The molecule has 0 radical (unpaired) electrons. The summed E-state index contributed by atoms with van der Waals surface area (Å²) in [7, 11) is 0. The van der Waals surface area contributed by atoms with Crippen molar-refractivity contribution < 1.29 is 0 Å². The van der Waals surface area contributed by atoms with E-state index in [4.69, 9.17) is 11.8 Å². The number of hydrogen-bond acceptors (Lipinski definition) is 3. The smallest absolute Gasteiger partial charge is 0.0566 e. The summed E-state index contributed by atoms with van der Waals surface area (Å²) in [5.74, 6) is 0. The van der Waals surface area contributed by atoms with Gasteiger partial charge >= 0.3 is 0 Å². The molecule has 0 atom stereocenters. The van der Waals surface area contributed by atoms with Crippen molar-refractivity contribution in [3.05, 3.63) is 11.1 Å². The topological polar surface area (TPSA) is 15.3 Å². The van der Waals surface area contributed by atoms with Gasteiger partial charge in [0.15, 0.2) is 0 Å². The Kier molecular flexibility index (Phi) is 4.12. The summed E-state index contributed by atoms with van der Waals surface area (Å²) >= 11 is 7.32. The number of rotatable bonds is 4. The number of nitrogens with zero attached hydrogens (tertiary/aromatic N) is 1. The van der Waals surface area contributed by atoms with Gasteiger partial charge in [-0.05, 0) is 24.8 Å². The molecule has 0 aliphatic carbocycles. The second kappa shape index (κ2) is 4.91. The lowest BCUT2D eigenvalue weighted by Gasteiger charge is -2.10. The Hall–Kier alpha value is 0.140. The molecule has 0 unspecified atom stereocenters. The molecule has 4 heteroatoms. The second-order valence-corrected chi connectivity index (χ2v) is 3.55. The van der Waals surface area contributed by atoms with Crippen LogP contribution in [0.2, 0.25) is 0 Å². The highest BCUT2D eigenvalue weighted by atomic mass is 35.5. The van der Waals surface area contributed by atoms with Crippen LogP contribution < -0.4 is 4.83 Å². The van der Waals surface area contributed by atoms with Crippen LogP contribution in [-0.2, 0) is 0 Å². The number of allylic oxidation sites excluding steroid dienone is 1. The summed E-state index contributed by atoms with van der Waals surface area (Å²) in [6.07, 6.45) is 4.86. The summed E-state index contributed by atoms with van der Waals surface area (Å²) in [5, 5.41) is 2.06. The average molecular weight is 193 g/mol. The molecule has 0 spiro atoms. The van der Waals surface area contributed by atoms with Crippen molar-refractivity contribution in [2.24, 2.45) is 0 Å². The van der Waals surface area contributed by atoms with Gasteiger partial charge in [-0.15, -0.1) is 0 Å². The maximum atomic E-state index is 5.79. The summed E-state index contributed by atoms with van der Waals surface area (Å²) in [6.45, 7) is 2.20. The summed E-state index contributed by atoms with van der Waals surface area (Å²) in [5.41, 5.74) is 1.19. The lowest BCUT2D eigenvalue weighted by Crippen LogP contribution is -2.16. The molecule has 0 fully saturated rings. The molecule has 1 heterocycles. The monoisotopic (exact) mass is 192 g/mol. The fourth-order valence-electron chi connectivity index (χ4n) is 0.959. The molecule has 1 rings (SSSR count). The third kappa shape index (κ3) is 2.93. The molecule has 0 saturated carbocycles. The maximum Gasteiger partial charge on any atom is 0.0566 e. The molecule has 64 valence electrons. The molecule has 1 N–H and O–H groups in total. The molecular formula is C7H13ClN2S. The van der Waals surface area contributed by atoms with E-state index in [-0.39, 0.29) is 0 Å². The number of nitrogens with one attached hydrogen (secondary N) is 1. The fraction of sp³-hybridized carbons (Fsp3) is 0.714. The zero-order chi connectivity index (χ0) is 8.10. The minimum absolute atomic E-state index is 1.08. The highest BCUT2D eigenvalue weighted by Crippen LogP contribution is 2.23. The van der Waals surface area contributed by atoms with Crippen molar-refractivity contribution in [3.8, 4) is 0 Å². The largest absolute Gasteiger partial charge is 0.211 e. The standard InChI is InChI=1S/C7H13ClN2S/c1-2-3-4-5-7-6-11-9-10(7)8/h6,9H,2-5H2,1H3. The Morgan fingerprint density at radius 1 is 1.64 bits per heavy atom.